The number of carbonyl (C=O) groups is 1. The normalized spacial score (nSPS) is 17.3. The molecule has 1 atom stereocenters. The number of amides is 1. The first-order valence-corrected chi connectivity index (χ1v) is 10.4. The van der Waals surface area contributed by atoms with Gasteiger partial charge in [0.15, 0.2) is 0 Å². The van der Waals surface area contributed by atoms with E-state index in [2.05, 4.69) is 15.5 Å². The molecule has 1 saturated heterocycles. The molecule has 6 nitrogen and oxygen atoms in total. The lowest BCUT2D eigenvalue weighted by molar-refractivity contribution is -0.137. The number of nitrogens with one attached hydrogen (secondary N) is 1. The fourth-order valence-corrected chi connectivity index (χ4v) is 3.88. The summed E-state index contributed by atoms with van der Waals surface area (Å²) in [6.07, 6.45) is -3.04. The van der Waals surface area contributed by atoms with Gasteiger partial charge in [0.05, 0.1) is 18.0 Å². The van der Waals surface area contributed by atoms with Crippen LogP contribution in [0.15, 0.2) is 53.1 Å². The average Bonchev–Trinajstić information content (AvgIpc) is 3.22. The van der Waals surface area contributed by atoms with Crippen molar-refractivity contribution in [2.24, 2.45) is 5.92 Å². The van der Waals surface area contributed by atoms with Crippen LogP contribution in [0.4, 0.5) is 18.9 Å². The lowest BCUT2D eigenvalue weighted by Gasteiger charge is -2.30. The Balaban J connectivity index is 1.37. The van der Waals surface area contributed by atoms with E-state index < -0.39 is 11.7 Å². The van der Waals surface area contributed by atoms with E-state index >= 15 is 0 Å². The Kier molecular flexibility index (Phi) is 6.48. The molecule has 2 aromatic carbocycles. The number of likely N-dealkylation sites (tertiary alicyclic amines) is 1. The van der Waals surface area contributed by atoms with E-state index in [4.69, 9.17) is 16.1 Å². The standard InChI is InChI=1S/C22H20ClF3N4O2/c23-17-7-1-4-14(10-17)20-28-19(32-29-20)13-30-9-3-5-15(12-30)21(31)27-18-8-2-6-16(11-18)22(24,25)26/h1-2,4,6-8,10-11,15H,3,5,9,12-13H2,(H,27,31). The molecule has 1 aromatic heterocycles. The third-order valence-electron chi connectivity index (χ3n) is 5.24. The molecule has 0 saturated carbocycles. The first-order chi connectivity index (χ1) is 15.3. The van der Waals surface area contributed by atoms with Gasteiger partial charge in [-0.15, -0.1) is 0 Å². The van der Waals surface area contributed by atoms with Gasteiger partial charge in [0.25, 0.3) is 0 Å². The highest BCUT2D eigenvalue weighted by atomic mass is 35.5. The molecule has 32 heavy (non-hydrogen) atoms. The number of benzene rings is 2. The van der Waals surface area contributed by atoms with E-state index in [-0.39, 0.29) is 17.5 Å². The topological polar surface area (TPSA) is 71.3 Å². The molecule has 0 aliphatic carbocycles. The molecule has 3 aromatic rings. The lowest BCUT2D eigenvalue weighted by atomic mass is 9.97. The maximum Gasteiger partial charge on any atom is 0.416 e. The van der Waals surface area contributed by atoms with Crippen LogP contribution in [0.3, 0.4) is 0 Å². The number of hydrogen-bond acceptors (Lipinski definition) is 5. The highest BCUT2D eigenvalue weighted by Crippen LogP contribution is 2.31. The number of halogens is 4. The van der Waals surface area contributed by atoms with Gasteiger partial charge in [0, 0.05) is 22.8 Å². The first-order valence-electron chi connectivity index (χ1n) is 10.1. The molecule has 0 radical (unpaired) electrons. The summed E-state index contributed by atoms with van der Waals surface area (Å²) in [5.74, 6) is 0.185. The molecule has 1 amide bonds. The smallest absolute Gasteiger partial charge is 0.338 e. The van der Waals surface area contributed by atoms with E-state index in [1.807, 2.05) is 11.0 Å². The molecule has 2 heterocycles. The Morgan fingerprint density at radius 1 is 1.22 bits per heavy atom. The number of alkyl halides is 3. The zero-order chi connectivity index (χ0) is 22.7. The van der Waals surface area contributed by atoms with Crippen LogP contribution in [0.1, 0.15) is 24.3 Å². The second kappa shape index (κ2) is 9.30. The zero-order valence-corrected chi connectivity index (χ0v) is 17.7. The van der Waals surface area contributed by atoms with Crippen molar-refractivity contribution in [3.05, 3.63) is 65.0 Å². The Hall–Kier alpha value is -2.91. The predicted octanol–water partition coefficient (Wildman–Crippen LogP) is 5.26. The minimum Gasteiger partial charge on any atom is -0.338 e. The Bertz CT molecular complexity index is 1100. The van der Waals surface area contributed by atoms with E-state index in [0.29, 0.717) is 36.2 Å². The number of hydrogen-bond donors (Lipinski definition) is 1. The fraction of sp³-hybridized carbons (Fsp3) is 0.318. The van der Waals surface area contributed by atoms with Crippen LogP contribution in [0, 0.1) is 5.92 Å². The van der Waals surface area contributed by atoms with Gasteiger partial charge < -0.3 is 9.84 Å². The molecular formula is C22H20ClF3N4O2. The fourth-order valence-electron chi connectivity index (χ4n) is 3.69. The first kappa shape index (κ1) is 22.3. The van der Waals surface area contributed by atoms with Crippen LogP contribution in [0.2, 0.25) is 5.02 Å². The zero-order valence-electron chi connectivity index (χ0n) is 16.9. The summed E-state index contributed by atoms with van der Waals surface area (Å²) in [6.45, 7) is 1.57. The van der Waals surface area contributed by atoms with Gasteiger partial charge in [-0.1, -0.05) is 35.0 Å². The largest absolute Gasteiger partial charge is 0.416 e. The van der Waals surface area contributed by atoms with Gasteiger partial charge in [-0.25, -0.2) is 0 Å². The van der Waals surface area contributed by atoms with Crippen LogP contribution >= 0.6 is 11.6 Å². The summed E-state index contributed by atoms with van der Waals surface area (Å²) in [6, 6.07) is 11.8. The van der Waals surface area contributed by atoms with E-state index in [1.165, 1.54) is 12.1 Å². The van der Waals surface area contributed by atoms with Gasteiger partial charge in [-0.3, -0.25) is 9.69 Å². The summed E-state index contributed by atoms with van der Waals surface area (Å²) in [5.41, 5.74) is 0.0713. The number of carbonyl (C=O) groups excluding carboxylic acids is 1. The number of nitrogens with zero attached hydrogens (tertiary/aromatic N) is 3. The van der Waals surface area contributed by atoms with Crippen LogP contribution in [-0.4, -0.2) is 34.0 Å². The van der Waals surface area contributed by atoms with E-state index in [9.17, 15) is 18.0 Å². The summed E-state index contributed by atoms with van der Waals surface area (Å²) >= 11 is 6.00. The second-order valence-corrected chi connectivity index (χ2v) is 8.10. The highest BCUT2D eigenvalue weighted by molar-refractivity contribution is 6.30. The number of piperidine rings is 1. The van der Waals surface area contributed by atoms with Gasteiger partial charge in [0.1, 0.15) is 0 Å². The summed E-state index contributed by atoms with van der Waals surface area (Å²) in [7, 11) is 0. The molecule has 10 heteroatoms. The molecule has 1 aliphatic rings. The van der Waals surface area contributed by atoms with Crippen LogP contribution in [0.5, 0.6) is 0 Å². The molecule has 0 bridgehead atoms. The monoisotopic (exact) mass is 464 g/mol. The Morgan fingerprint density at radius 2 is 2.03 bits per heavy atom. The molecule has 0 spiro atoms. The van der Waals surface area contributed by atoms with Crippen molar-refractivity contribution in [3.8, 4) is 11.4 Å². The number of anilines is 1. The van der Waals surface area contributed by atoms with Crippen molar-refractivity contribution in [2.45, 2.75) is 25.6 Å². The molecule has 1 unspecified atom stereocenters. The van der Waals surface area contributed by atoms with Crippen molar-refractivity contribution >= 4 is 23.2 Å². The molecule has 1 fully saturated rings. The summed E-state index contributed by atoms with van der Waals surface area (Å²) in [5, 5.41) is 7.17. The van der Waals surface area contributed by atoms with Crippen molar-refractivity contribution < 1.29 is 22.5 Å². The molecule has 4 rings (SSSR count). The third-order valence-corrected chi connectivity index (χ3v) is 5.48. The Morgan fingerprint density at radius 3 is 2.81 bits per heavy atom. The molecular weight excluding hydrogens is 445 g/mol. The van der Waals surface area contributed by atoms with Crippen LogP contribution < -0.4 is 5.32 Å². The number of rotatable bonds is 5. The minimum atomic E-state index is -4.46. The van der Waals surface area contributed by atoms with Crippen LogP contribution in [0.25, 0.3) is 11.4 Å². The van der Waals surface area contributed by atoms with Gasteiger partial charge in [-0.05, 0) is 49.7 Å². The maximum atomic E-state index is 12.9. The van der Waals surface area contributed by atoms with Crippen LogP contribution in [-0.2, 0) is 17.5 Å². The summed E-state index contributed by atoms with van der Waals surface area (Å²) in [4.78, 5) is 19.1. The molecule has 1 N–H and O–H groups in total. The SMILES string of the molecule is O=C(Nc1cccc(C(F)(F)F)c1)C1CCCN(Cc2nc(-c3cccc(Cl)c3)no2)C1. The lowest BCUT2D eigenvalue weighted by Crippen LogP contribution is -2.40. The van der Waals surface area contributed by atoms with E-state index in [1.54, 1.807) is 18.2 Å². The van der Waals surface area contributed by atoms with Gasteiger partial charge in [-0.2, -0.15) is 18.2 Å². The van der Waals surface area contributed by atoms with Crippen molar-refractivity contribution in [1.29, 1.82) is 0 Å². The van der Waals surface area contributed by atoms with E-state index in [0.717, 1.165) is 30.7 Å². The minimum absolute atomic E-state index is 0.130. The van der Waals surface area contributed by atoms with Crippen molar-refractivity contribution in [1.82, 2.24) is 15.0 Å². The van der Waals surface area contributed by atoms with Crippen molar-refractivity contribution in [2.75, 3.05) is 18.4 Å². The maximum absolute atomic E-state index is 12.9. The molecule has 1 aliphatic heterocycles. The number of aromatic nitrogens is 2. The predicted molar refractivity (Wildman–Crippen MR) is 113 cm³/mol. The van der Waals surface area contributed by atoms with Gasteiger partial charge >= 0.3 is 6.18 Å². The van der Waals surface area contributed by atoms with Crippen molar-refractivity contribution in [3.63, 3.8) is 0 Å². The average molecular weight is 465 g/mol. The van der Waals surface area contributed by atoms with Gasteiger partial charge in [0.2, 0.25) is 17.6 Å². The quantitative estimate of drug-likeness (QED) is 0.557. The highest BCUT2D eigenvalue weighted by Gasteiger charge is 2.31. The third kappa shape index (κ3) is 5.46. The second-order valence-electron chi connectivity index (χ2n) is 7.66. The Labute approximate surface area is 187 Å². The molecule has 168 valence electrons. The summed E-state index contributed by atoms with van der Waals surface area (Å²) < 4.78 is 44.1.